The molecule has 2 heterocycles. The van der Waals surface area contributed by atoms with Crippen molar-refractivity contribution in [3.05, 3.63) is 18.0 Å². The van der Waals surface area contributed by atoms with Crippen molar-refractivity contribution in [3.8, 4) is 0 Å². The third-order valence-corrected chi connectivity index (χ3v) is 4.62. The Morgan fingerprint density at radius 1 is 1.17 bits per heavy atom. The van der Waals surface area contributed by atoms with Crippen LogP contribution in [0.1, 0.15) is 44.7 Å². The molecule has 0 bridgehead atoms. The summed E-state index contributed by atoms with van der Waals surface area (Å²) in [4.78, 5) is 2.02. The molecule has 0 saturated heterocycles. The molecule has 0 fully saturated rings. The van der Waals surface area contributed by atoms with Crippen LogP contribution >= 0.6 is 11.8 Å². The van der Waals surface area contributed by atoms with Crippen molar-refractivity contribution in [2.75, 3.05) is 24.7 Å². The van der Waals surface area contributed by atoms with Gasteiger partial charge in [0.1, 0.15) is 0 Å². The van der Waals surface area contributed by atoms with Crippen LogP contribution < -0.4 is 4.90 Å². The van der Waals surface area contributed by atoms with E-state index in [9.17, 15) is 0 Å². The zero-order valence-electron chi connectivity index (χ0n) is 14.9. The lowest BCUT2D eigenvalue weighted by molar-refractivity contribution is 0.546. The maximum absolute atomic E-state index is 4.35. The van der Waals surface area contributed by atoms with E-state index in [0.29, 0.717) is 6.04 Å². The van der Waals surface area contributed by atoms with Gasteiger partial charge in [-0.3, -0.25) is 9.25 Å². The third-order valence-electron chi connectivity index (χ3n) is 3.59. The molecule has 2 aromatic rings. The van der Waals surface area contributed by atoms with E-state index in [4.69, 9.17) is 0 Å². The molecule has 128 valence electrons. The summed E-state index contributed by atoms with van der Waals surface area (Å²) in [6.07, 6.45) is 7.58. The van der Waals surface area contributed by atoms with Crippen LogP contribution in [0, 0.1) is 6.92 Å². The van der Waals surface area contributed by atoms with E-state index < -0.39 is 0 Å². The highest BCUT2D eigenvalue weighted by Crippen LogP contribution is 2.26. The van der Waals surface area contributed by atoms with Crippen LogP contribution in [-0.2, 0) is 6.54 Å². The number of unbranched alkanes of at least 4 members (excludes halogenated alkanes) is 2. The minimum atomic E-state index is 0.368. The second-order valence-electron chi connectivity index (χ2n) is 6.33. The van der Waals surface area contributed by atoms with Crippen molar-refractivity contribution in [3.63, 3.8) is 0 Å². The molecule has 0 aromatic carbocycles. The Bertz CT molecular complexity index is 601. The molecule has 0 aliphatic heterocycles. The molecule has 0 aliphatic rings. The first-order chi connectivity index (χ1) is 11.0. The number of aryl methyl sites for hydroxylation is 2. The van der Waals surface area contributed by atoms with Crippen LogP contribution in [0.2, 0.25) is 0 Å². The van der Waals surface area contributed by atoms with Crippen molar-refractivity contribution < 1.29 is 0 Å². The van der Waals surface area contributed by atoms with Gasteiger partial charge in [-0.1, -0.05) is 18.2 Å². The largest absolute Gasteiger partial charge is 0.347 e. The molecule has 6 nitrogen and oxygen atoms in total. The van der Waals surface area contributed by atoms with Crippen LogP contribution in [0.15, 0.2) is 17.6 Å². The van der Waals surface area contributed by atoms with Crippen LogP contribution in [0.3, 0.4) is 0 Å². The van der Waals surface area contributed by atoms with Gasteiger partial charge in [-0.25, -0.2) is 0 Å². The monoisotopic (exact) mass is 336 g/mol. The maximum atomic E-state index is 4.35. The fourth-order valence-corrected chi connectivity index (χ4v) is 3.49. The number of aromatic nitrogens is 5. The quantitative estimate of drug-likeness (QED) is 0.519. The number of hydrogen-bond donors (Lipinski definition) is 0. The number of thioether (sulfide) groups is 1. The average Bonchev–Trinajstić information content (AvgIpc) is 3.09. The van der Waals surface area contributed by atoms with Gasteiger partial charge in [0.2, 0.25) is 5.95 Å². The van der Waals surface area contributed by atoms with E-state index in [1.165, 1.54) is 24.8 Å². The number of nitrogens with zero attached hydrogens (tertiary/aromatic N) is 6. The van der Waals surface area contributed by atoms with E-state index in [-0.39, 0.29) is 0 Å². The molecule has 0 spiro atoms. The highest BCUT2D eigenvalue weighted by molar-refractivity contribution is 7.99. The zero-order chi connectivity index (χ0) is 16.8. The van der Waals surface area contributed by atoms with Gasteiger partial charge in [0.05, 0.1) is 6.20 Å². The van der Waals surface area contributed by atoms with E-state index in [1.54, 1.807) is 11.8 Å². The minimum Gasteiger partial charge on any atom is -0.347 e. The van der Waals surface area contributed by atoms with Crippen LogP contribution in [0.25, 0.3) is 0 Å². The Balaban J connectivity index is 1.74. The van der Waals surface area contributed by atoms with Crippen molar-refractivity contribution in [1.29, 1.82) is 0 Å². The van der Waals surface area contributed by atoms with Gasteiger partial charge in [0.15, 0.2) is 5.16 Å². The highest BCUT2D eigenvalue weighted by Gasteiger charge is 2.16. The number of anilines is 1. The zero-order valence-corrected chi connectivity index (χ0v) is 15.7. The molecule has 0 N–H and O–H groups in total. The first-order valence-corrected chi connectivity index (χ1v) is 9.21. The summed E-state index contributed by atoms with van der Waals surface area (Å²) in [7, 11) is 4.02. The van der Waals surface area contributed by atoms with Crippen molar-refractivity contribution in [1.82, 2.24) is 24.5 Å². The first-order valence-electron chi connectivity index (χ1n) is 8.23. The summed E-state index contributed by atoms with van der Waals surface area (Å²) in [5.74, 6) is 2.01. The molecule has 0 radical (unpaired) electrons. The second-order valence-corrected chi connectivity index (χ2v) is 7.39. The third kappa shape index (κ3) is 4.99. The lowest BCUT2D eigenvalue weighted by Gasteiger charge is -2.17. The van der Waals surface area contributed by atoms with E-state index >= 15 is 0 Å². The maximum Gasteiger partial charge on any atom is 0.227 e. The Morgan fingerprint density at radius 3 is 2.57 bits per heavy atom. The smallest absolute Gasteiger partial charge is 0.227 e. The van der Waals surface area contributed by atoms with Crippen molar-refractivity contribution >= 4 is 17.7 Å². The van der Waals surface area contributed by atoms with E-state index in [1.807, 2.05) is 29.9 Å². The normalized spacial score (nSPS) is 11.4. The van der Waals surface area contributed by atoms with Gasteiger partial charge in [-0.2, -0.15) is 5.10 Å². The van der Waals surface area contributed by atoms with Crippen molar-refractivity contribution in [2.45, 2.75) is 57.8 Å². The van der Waals surface area contributed by atoms with Gasteiger partial charge < -0.3 is 4.90 Å². The van der Waals surface area contributed by atoms with Gasteiger partial charge >= 0.3 is 0 Å². The Morgan fingerprint density at radius 2 is 1.96 bits per heavy atom. The molecule has 2 aromatic heterocycles. The standard InChI is InChI=1S/C16H28N6S/c1-13(2)22-15(20(4)5)18-19-16(22)23-10-8-6-7-9-21-12-14(3)11-17-21/h11-13H,6-10H2,1-5H3. The average molecular weight is 337 g/mol. The van der Waals surface area contributed by atoms with Gasteiger partial charge in [-0.15, -0.1) is 10.2 Å². The van der Waals surface area contributed by atoms with Crippen LogP contribution in [0.4, 0.5) is 5.95 Å². The van der Waals surface area contributed by atoms with Gasteiger partial charge in [0.25, 0.3) is 0 Å². The molecule has 2 rings (SSSR count). The predicted molar refractivity (Wildman–Crippen MR) is 96.3 cm³/mol. The lowest BCUT2D eigenvalue weighted by atomic mass is 10.2. The summed E-state index contributed by atoms with van der Waals surface area (Å²) in [5, 5.41) is 14.0. The molecule has 0 aliphatic carbocycles. The molecule has 7 heteroatoms. The van der Waals surface area contributed by atoms with Gasteiger partial charge in [-0.05, 0) is 39.2 Å². The Kier molecular flexibility index (Phi) is 6.50. The van der Waals surface area contributed by atoms with E-state index in [2.05, 4.69) is 46.8 Å². The molecular weight excluding hydrogens is 308 g/mol. The summed E-state index contributed by atoms with van der Waals surface area (Å²) in [6.45, 7) is 7.43. The fraction of sp³-hybridized carbons (Fsp3) is 0.688. The lowest BCUT2D eigenvalue weighted by Crippen LogP contribution is -2.17. The van der Waals surface area contributed by atoms with Crippen LogP contribution in [0.5, 0.6) is 0 Å². The molecule has 0 amide bonds. The molecule has 23 heavy (non-hydrogen) atoms. The Labute approximate surface area is 143 Å². The molecule has 0 unspecified atom stereocenters. The van der Waals surface area contributed by atoms with Crippen molar-refractivity contribution in [2.24, 2.45) is 0 Å². The highest BCUT2D eigenvalue weighted by atomic mass is 32.2. The Hall–Kier alpha value is -1.50. The second kappa shape index (κ2) is 8.38. The SMILES string of the molecule is Cc1cnn(CCCCCSc2nnc(N(C)C)n2C(C)C)c1. The van der Waals surface area contributed by atoms with Crippen LogP contribution in [-0.4, -0.2) is 44.4 Å². The summed E-state index contributed by atoms with van der Waals surface area (Å²) in [6, 6.07) is 0.368. The molecular formula is C16H28N6S. The topological polar surface area (TPSA) is 51.8 Å². The predicted octanol–water partition coefficient (Wildman–Crippen LogP) is 3.39. The number of hydrogen-bond acceptors (Lipinski definition) is 5. The molecule has 0 saturated carbocycles. The molecule has 0 atom stereocenters. The fourth-order valence-electron chi connectivity index (χ4n) is 2.43. The summed E-state index contributed by atoms with van der Waals surface area (Å²) < 4.78 is 4.23. The van der Waals surface area contributed by atoms with E-state index in [0.717, 1.165) is 23.4 Å². The summed E-state index contributed by atoms with van der Waals surface area (Å²) in [5.41, 5.74) is 1.23. The van der Waals surface area contributed by atoms with Gasteiger partial charge in [0, 0.05) is 38.6 Å². The minimum absolute atomic E-state index is 0.368. The number of rotatable bonds is 9. The first kappa shape index (κ1) is 17.8. The summed E-state index contributed by atoms with van der Waals surface area (Å²) >= 11 is 1.80.